The number of rotatable bonds is 12. The summed E-state index contributed by atoms with van der Waals surface area (Å²) < 4.78 is 11.6. The highest BCUT2D eigenvalue weighted by Gasteiger charge is 2.42. The Morgan fingerprint density at radius 1 is 1.23 bits per heavy atom. The van der Waals surface area contributed by atoms with Crippen LogP contribution in [-0.2, 0) is 9.53 Å². The van der Waals surface area contributed by atoms with Crippen LogP contribution in [0.2, 0.25) is 0 Å². The molecule has 0 radical (unpaired) electrons. The van der Waals surface area contributed by atoms with E-state index in [1.807, 2.05) is 43.5 Å². The topological polar surface area (TPSA) is 149 Å². The molecule has 10 nitrogen and oxygen atoms in total. The number of nitrogens with two attached hydrogens (primary N) is 1. The van der Waals surface area contributed by atoms with Crippen molar-refractivity contribution in [3.8, 4) is 5.75 Å². The number of aliphatic carboxylic acids is 1. The van der Waals surface area contributed by atoms with Crippen LogP contribution in [0.5, 0.6) is 5.75 Å². The third kappa shape index (κ3) is 8.51. The number of carboxylic acids is 1. The molecule has 3 rings (SSSR count). The molecule has 1 fully saturated rings. The minimum Gasteiger partial charge on any atom is -0.488 e. The predicted molar refractivity (Wildman–Crippen MR) is 153 cm³/mol. The lowest BCUT2D eigenvalue weighted by molar-refractivity contribution is -0.579. The molecule has 0 bridgehead atoms. The maximum absolute atomic E-state index is 12.7. The first-order valence-corrected chi connectivity index (χ1v) is 13.8. The van der Waals surface area contributed by atoms with Gasteiger partial charge in [-0.3, -0.25) is 4.90 Å². The van der Waals surface area contributed by atoms with E-state index in [2.05, 4.69) is 10.6 Å². The average Bonchev–Trinajstić information content (AvgIpc) is 3.32. The third-order valence-electron chi connectivity index (χ3n) is 6.67. The number of ether oxygens (including phenoxy) is 2. The van der Waals surface area contributed by atoms with Crippen molar-refractivity contribution >= 4 is 23.3 Å². The number of carbonyl (C=O) groups is 2. The van der Waals surface area contributed by atoms with Crippen LogP contribution in [-0.4, -0.2) is 83.9 Å². The van der Waals surface area contributed by atoms with E-state index in [1.165, 1.54) is 4.90 Å². The minimum atomic E-state index is -1.09. The Balaban J connectivity index is 1.77. The van der Waals surface area contributed by atoms with Gasteiger partial charge in [-0.1, -0.05) is 24.3 Å². The van der Waals surface area contributed by atoms with Crippen molar-refractivity contribution in [2.75, 3.05) is 33.3 Å². The van der Waals surface area contributed by atoms with Gasteiger partial charge in [-0.25, -0.2) is 9.59 Å². The first kappa shape index (κ1) is 31.1. The van der Waals surface area contributed by atoms with Crippen LogP contribution >= 0.6 is 0 Å². The number of aliphatic hydroxyl groups is 1. The van der Waals surface area contributed by atoms with E-state index in [0.29, 0.717) is 11.5 Å². The third-order valence-corrected chi connectivity index (χ3v) is 6.67. The fourth-order valence-corrected chi connectivity index (χ4v) is 4.85. The minimum absolute atomic E-state index is 0.110. The molecule has 0 spiro atoms. The fourth-order valence-electron chi connectivity index (χ4n) is 4.85. The zero-order valence-corrected chi connectivity index (χ0v) is 23.9. The number of carboxylic acid groups (broad SMARTS) is 1. The maximum Gasteiger partial charge on any atom is 0.411 e. The van der Waals surface area contributed by atoms with Crippen molar-refractivity contribution < 1.29 is 34.6 Å². The summed E-state index contributed by atoms with van der Waals surface area (Å²) in [5.41, 5.74) is 3.48. The van der Waals surface area contributed by atoms with Gasteiger partial charge in [0.1, 0.15) is 29.2 Å². The van der Waals surface area contributed by atoms with Crippen LogP contribution in [0.1, 0.15) is 52.0 Å². The normalized spacial score (nSPS) is 20.4. The van der Waals surface area contributed by atoms with Crippen LogP contribution in [0.25, 0.3) is 5.57 Å². The molecule has 2 atom stereocenters. The molecule has 1 heterocycles. The van der Waals surface area contributed by atoms with Gasteiger partial charge in [0.05, 0.1) is 24.9 Å². The Morgan fingerprint density at radius 2 is 1.98 bits per heavy atom. The smallest absolute Gasteiger partial charge is 0.411 e. The second-order valence-electron chi connectivity index (χ2n) is 11.0. The molecule has 1 saturated heterocycles. The zero-order chi connectivity index (χ0) is 29.3. The Bertz CT molecular complexity index is 1170. The lowest BCUT2D eigenvalue weighted by Crippen LogP contribution is -2.78. The Morgan fingerprint density at radius 3 is 2.65 bits per heavy atom. The molecule has 218 valence electrons. The SMILES string of the molecule is C[NH2+]/C(CCCNCCCO)=C1\C(=N)C=CC=C1c1cccc(O[C@H]2C[C@@H](C(=O)O)N(C(=O)OC(C)(C)C)C2)c1. The second-order valence-corrected chi connectivity index (χ2v) is 11.0. The van der Waals surface area contributed by atoms with Crippen molar-refractivity contribution in [3.63, 3.8) is 0 Å². The van der Waals surface area contributed by atoms with E-state index in [9.17, 15) is 14.7 Å². The maximum atomic E-state index is 12.7. The molecule has 1 amide bonds. The van der Waals surface area contributed by atoms with E-state index in [-0.39, 0.29) is 19.6 Å². The highest BCUT2D eigenvalue weighted by molar-refractivity contribution is 6.19. The van der Waals surface area contributed by atoms with Crippen LogP contribution in [0.15, 0.2) is 53.8 Å². The molecule has 40 heavy (non-hydrogen) atoms. The van der Waals surface area contributed by atoms with Gasteiger partial charge in [-0.05, 0) is 76.0 Å². The molecule has 2 aliphatic rings. The molecule has 0 saturated carbocycles. The second kappa shape index (κ2) is 14.2. The van der Waals surface area contributed by atoms with Gasteiger partial charge in [-0.2, -0.15) is 0 Å². The van der Waals surface area contributed by atoms with Crippen LogP contribution in [0.3, 0.4) is 0 Å². The number of nitrogens with zero attached hydrogens (tertiary/aromatic N) is 1. The summed E-state index contributed by atoms with van der Waals surface area (Å²) in [6, 6.07) is 6.53. The van der Waals surface area contributed by atoms with E-state index >= 15 is 0 Å². The number of allylic oxidation sites excluding steroid dienone is 6. The number of benzene rings is 1. The highest BCUT2D eigenvalue weighted by Crippen LogP contribution is 2.32. The standard InChI is InChI=1S/C30H42N4O6/c1-30(2,3)40-29(38)34-19-22(18-26(34)28(36)37)39-21-10-5-9-20(17-21)23-11-6-12-24(31)27(23)25(32-4)13-7-14-33-15-8-16-35/h5-6,9-12,17,22,26,31-33,35H,7-8,13-16,18-19H2,1-4H3,(H,36,37)/p+1/b27-25-,31-24?/t22-,26-/m0/s1. The molecule has 0 aromatic heterocycles. The average molecular weight is 556 g/mol. The summed E-state index contributed by atoms with van der Waals surface area (Å²) >= 11 is 0. The van der Waals surface area contributed by atoms with Crippen LogP contribution in [0, 0.1) is 5.41 Å². The zero-order valence-electron chi connectivity index (χ0n) is 23.9. The Labute approximate surface area is 236 Å². The summed E-state index contributed by atoms with van der Waals surface area (Å²) in [6.07, 6.45) is 7.07. The molecule has 6 N–H and O–H groups in total. The lowest BCUT2D eigenvalue weighted by atomic mass is 9.88. The number of hydrogen-bond acceptors (Lipinski definition) is 7. The van der Waals surface area contributed by atoms with Gasteiger partial charge >= 0.3 is 12.1 Å². The van der Waals surface area contributed by atoms with Crippen molar-refractivity contribution in [1.82, 2.24) is 10.2 Å². The van der Waals surface area contributed by atoms with Gasteiger partial charge in [0.25, 0.3) is 0 Å². The summed E-state index contributed by atoms with van der Waals surface area (Å²) in [5.74, 6) is -0.529. The predicted octanol–water partition coefficient (Wildman–Crippen LogP) is 2.70. The first-order valence-electron chi connectivity index (χ1n) is 13.8. The molecule has 1 aromatic carbocycles. The number of quaternary nitrogens is 1. The van der Waals surface area contributed by atoms with E-state index in [1.54, 1.807) is 26.8 Å². The van der Waals surface area contributed by atoms with Crippen molar-refractivity contribution in [2.24, 2.45) is 0 Å². The number of aliphatic hydroxyl groups excluding tert-OH is 1. The number of amides is 1. The van der Waals surface area contributed by atoms with Crippen LogP contribution < -0.4 is 15.4 Å². The largest absolute Gasteiger partial charge is 0.488 e. The van der Waals surface area contributed by atoms with Crippen molar-refractivity contribution in [2.45, 2.75) is 64.2 Å². The van der Waals surface area contributed by atoms with Gasteiger partial charge in [0, 0.05) is 19.4 Å². The van der Waals surface area contributed by atoms with Gasteiger partial charge in [0.15, 0.2) is 0 Å². The van der Waals surface area contributed by atoms with E-state index < -0.39 is 29.8 Å². The molecule has 0 unspecified atom stereocenters. The molecular formula is C30H43N4O6+. The highest BCUT2D eigenvalue weighted by atomic mass is 16.6. The molecule has 10 heteroatoms. The molecule has 1 aliphatic heterocycles. The summed E-state index contributed by atoms with van der Waals surface area (Å²) in [6.45, 7) is 7.11. The molecular weight excluding hydrogens is 512 g/mol. The summed E-state index contributed by atoms with van der Waals surface area (Å²) in [4.78, 5) is 25.8. The summed E-state index contributed by atoms with van der Waals surface area (Å²) in [5, 5.41) is 32.7. The number of carbonyl (C=O) groups excluding carboxylic acids is 1. The Kier molecular flexibility index (Phi) is 11.1. The van der Waals surface area contributed by atoms with Crippen molar-refractivity contribution in [1.29, 1.82) is 5.41 Å². The van der Waals surface area contributed by atoms with E-state index in [4.69, 9.17) is 20.0 Å². The fraction of sp³-hybridized carbons (Fsp3) is 0.500. The van der Waals surface area contributed by atoms with E-state index in [0.717, 1.165) is 54.8 Å². The summed E-state index contributed by atoms with van der Waals surface area (Å²) in [7, 11) is 1.99. The van der Waals surface area contributed by atoms with Gasteiger partial charge in [0.2, 0.25) is 0 Å². The first-order chi connectivity index (χ1) is 19.0. The van der Waals surface area contributed by atoms with Gasteiger partial charge in [-0.15, -0.1) is 0 Å². The Hall–Kier alpha value is -3.47. The van der Waals surface area contributed by atoms with Gasteiger partial charge < -0.3 is 35.7 Å². The number of likely N-dealkylation sites (tertiary alicyclic amines) is 1. The monoisotopic (exact) mass is 555 g/mol. The number of hydrogen-bond donors (Lipinski definition) is 5. The van der Waals surface area contributed by atoms with Crippen LogP contribution in [0.4, 0.5) is 4.79 Å². The quantitative estimate of drug-likeness (QED) is 0.249. The molecule has 1 aliphatic carbocycles. The lowest BCUT2D eigenvalue weighted by Gasteiger charge is -2.26. The number of nitrogens with one attached hydrogen (secondary N) is 2. The molecule has 1 aromatic rings. The van der Waals surface area contributed by atoms with Crippen molar-refractivity contribution in [3.05, 3.63) is 59.3 Å².